The van der Waals surface area contributed by atoms with Crippen LogP contribution in [0.2, 0.25) is 0 Å². The zero-order valence-corrected chi connectivity index (χ0v) is 9.37. The number of aliphatic carboxylic acids is 1. The quantitative estimate of drug-likeness (QED) is 0.826. The van der Waals surface area contributed by atoms with Crippen LogP contribution in [-0.2, 0) is 4.79 Å². The lowest BCUT2D eigenvalue weighted by atomic mass is 10.1. The molecule has 3 nitrogen and oxygen atoms in total. The average Bonchev–Trinajstić information content (AvgIpc) is 2.29. The number of ether oxygens (including phenoxy) is 1. The van der Waals surface area contributed by atoms with Crippen molar-refractivity contribution in [3.63, 3.8) is 0 Å². The predicted molar refractivity (Wildman–Crippen MR) is 61.4 cm³/mol. The van der Waals surface area contributed by atoms with Crippen LogP contribution in [-0.4, -0.2) is 17.7 Å². The molecule has 0 amide bonds. The largest absolute Gasteiger partial charge is 0.488 e. The van der Waals surface area contributed by atoms with Gasteiger partial charge in [-0.2, -0.15) is 0 Å². The molecule has 0 aromatic heterocycles. The third kappa shape index (κ3) is 2.47. The van der Waals surface area contributed by atoms with E-state index >= 15 is 0 Å². The standard InChI is InChI=1S/C12H8ClFO3/c13-12-7(1-4-11(15)16)6-17-10-3-2-8(14)5-9(10)12/h1-5H,6H2,(H,15,16)/b4-1+. The molecular formula is C12H8ClFO3. The first-order valence-electron chi connectivity index (χ1n) is 4.80. The van der Waals surface area contributed by atoms with E-state index in [-0.39, 0.29) is 6.61 Å². The highest BCUT2D eigenvalue weighted by atomic mass is 35.5. The summed E-state index contributed by atoms with van der Waals surface area (Å²) in [5, 5.41) is 8.83. The van der Waals surface area contributed by atoms with Crippen LogP contribution >= 0.6 is 11.6 Å². The smallest absolute Gasteiger partial charge is 0.328 e. The van der Waals surface area contributed by atoms with Gasteiger partial charge < -0.3 is 9.84 Å². The molecule has 1 aliphatic rings. The van der Waals surface area contributed by atoms with Crippen LogP contribution in [0.3, 0.4) is 0 Å². The van der Waals surface area contributed by atoms with Crippen molar-refractivity contribution in [3.8, 4) is 5.75 Å². The average molecular weight is 255 g/mol. The van der Waals surface area contributed by atoms with Crippen molar-refractivity contribution in [1.29, 1.82) is 0 Å². The number of carboxylic acids is 1. The maximum absolute atomic E-state index is 13.1. The molecule has 0 spiro atoms. The van der Waals surface area contributed by atoms with Crippen molar-refractivity contribution in [2.24, 2.45) is 0 Å². The topological polar surface area (TPSA) is 46.5 Å². The van der Waals surface area contributed by atoms with Crippen LogP contribution < -0.4 is 4.74 Å². The molecule has 17 heavy (non-hydrogen) atoms. The number of carboxylic acid groups (broad SMARTS) is 1. The summed E-state index contributed by atoms with van der Waals surface area (Å²) in [6.45, 7) is 0.168. The van der Waals surface area contributed by atoms with Gasteiger partial charge in [-0.3, -0.25) is 0 Å². The first-order valence-corrected chi connectivity index (χ1v) is 5.18. The van der Waals surface area contributed by atoms with Crippen molar-refractivity contribution in [2.75, 3.05) is 6.61 Å². The second-order valence-corrected chi connectivity index (χ2v) is 3.82. The molecule has 0 fully saturated rings. The Hall–Kier alpha value is -1.81. The highest BCUT2D eigenvalue weighted by molar-refractivity contribution is 6.50. The monoisotopic (exact) mass is 254 g/mol. The summed E-state index contributed by atoms with van der Waals surface area (Å²) >= 11 is 6.06. The Morgan fingerprint density at radius 1 is 1.53 bits per heavy atom. The summed E-state index contributed by atoms with van der Waals surface area (Å²) in [4.78, 5) is 10.4. The van der Waals surface area contributed by atoms with E-state index in [4.69, 9.17) is 21.4 Å². The molecule has 1 aliphatic heterocycles. The van der Waals surface area contributed by atoms with E-state index in [1.54, 1.807) is 0 Å². The van der Waals surface area contributed by atoms with E-state index < -0.39 is 11.8 Å². The van der Waals surface area contributed by atoms with E-state index in [9.17, 15) is 9.18 Å². The zero-order chi connectivity index (χ0) is 12.4. The number of fused-ring (bicyclic) bond motifs is 1. The van der Waals surface area contributed by atoms with Crippen LogP contribution in [0.1, 0.15) is 5.56 Å². The molecule has 0 aliphatic carbocycles. The molecule has 0 bridgehead atoms. The van der Waals surface area contributed by atoms with E-state index in [1.807, 2.05) is 0 Å². The van der Waals surface area contributed by atoms with Crippen LogP contribution in [0.15, 0.2) is 35.9 Å². The fraction of sp³-hybridized carbons (Fsp3) is 0.0833. The number of carbonyl (C=O) groups is 1. The SMILES string of the molecule is O=C(O)/C=C/C1=C(Cl)c2cc(F)ccc2OC1. The summed E-state index contributed by atoms with van der Waals surface area (Å²) in [7, 11) is 0. The molecule has 0 saturated carbocycles. The van der Waals surface area contributed by atoms with Crippen molar-refractivity contribution in [2.45, 2.75) is 0 Å². The van der Waals surface area contributed by atoms with Crippen LogP contribution in [0, 0.1) is 5.82 Å². The number of hydrogen-bond donors (Lipinski definition) is 1. The minimum Gasteiger partial charge on any atom is -0.488 e. The second-order valence-electron chi connectivity index (χ2n) is 3.44. The van der Waals surface area contributed by atoms with Crippen LogP contribution in [0.5, 0.6) is 5.75 Å². The molecule has 1 aromatic carbocycles. The van der Waals surface area contributed by atoms with Gasteiger partial charge in [-0.15, -0.1) is 0 Å². The third-order valence-electron chi connectivity index (χ3n) is 2.27. The lowest BCUT2D eigenvalue weighted by Gasteiger charge is -2.18. The number of rotatable bonds is 2. The highest BCUT2D eigenvalue weighted by Crippen LogP contribution is 2.36. The summed E-state index contributed by atoms with van der Waals surface area (Å²) in [6.07, 6.45) is 2.31. The molecule has 1 aromatic rings. The van der Waals surface area contributed by atoms with Gasteiger partial charge >= 0.3 is 5.97 Å². The molecule has 1 heterocycles. The Morgan fingerprint density at radius 2 is 2.29 bits per heavy atom. The minimum absolute atomic E-state index is 0.168. The van der Waals surface area contributed by atoms with Crippen LogP contribution in [0.25, 0.3) is 5.03 Å². The van der Waals surface area contributed by atoms with E-state index in [2.05, 4.69) is 0 Å². The Balaban J connectivity index is 2.43. The second kappa shape index (κ2) is 4.59. The van der Waals surface area contributed by atoms with Gasteiger partial charge in [0, 0.05) is 17.2 Å². The molecule has 88 valence electrons. The van der Waals surface area contributed by atoms with Gasteiger partial charge in [0.1, 0.15) is 18.2 Å². The number of halogens is 2. The summed E-state index contributed by atoms with van der Waals surface area (Å²) in [5.74, 6) is -1.01. The fourth-order valence-electron chi connectivity index (χ4n) is 1.48. The number of hydrogen-bond acceptors (Lipinski definition) is 2. The van der Waals surface area contributed by atoms with E-state index in [1.165, 1.54) is 24.3 Å². The first kappa shape index (κ1) is 11.7. The van der Waals surface area contributed by atoms with Crippen molar-refractivity contribution in [1.82, 2.24) is 0 Å². The van der Waals surface area contributed by atoms with Gasteiger partial charge in [0.05, 0.1) is 5.03 Å². The molecule has 0 saturated heterocycles. The molecule has 5 heteroatoms. The predicted octanol–water partition coefficient (Wildman–Crippen LogP) is 2.81. The number of benzene rings is 1. The lowest BCUT2D eigenvalue weighted by molar-refractivity contribution is -0.131. The summed E-state index contributed by atoms with van der Waals surface area (Å²) < 4.78 is 18.4. The van der Waals surface area contributed by atoms with Gasteiger partial charge in [-0.1, -0.05) is 11.6 Å². The Labute approximate surface area is 102 Å². The zero-order valence-electron chi connectivity index (χ0n) is 8.61. The Kier molecular flexibility index (Phi) is 3.15. The summed E-state index contributed by atoms with van der Waals surface area (Å²) in [5.41, 5.74) is 0.940. The van der Waals surface area contributed by atoms with E-state index in [0.717, 1.165) is 6.08 Å². The van der Waals surface area contributed by atoms with E-state index in [0.29, 0.717) is 21.9 Å². The molecular weight excluding hydrogens is 247 g/mol. The maximum atomic E-state index is 13.1. The molecule has 0 radical (unpaired) electrons. The lowest BCUT2D eigenvalue weighted by Crippen LogP contribution is -2.08. The first-order chi connectivity index (χ1) is 8.08. The molecule has 0 unspecified atom stereocenters. The van der Waals surface area contributed by atoms with Gasteiger partial charge in [0.2, 0.25) is 0 Å². The summed E-state index contributed by atoms with van der Waals surface area (Å²) in [6, 6.07) is 4.03. The van der Waals surface area contributed by atoms with Crippen LogP contribution in [0.4, 0.5) is 4.39 Å². The van der Waals surface area contributed by atoms with Crippen molar-refractivity contribution >= 4 is 22.6 Å². The fourth-order valence-corrected chi connectivity index (χ4v) is 1.75. The van der Waals surface area contributed by atoms with Crippen molar-refractivity contribution < 1.29 is 19.0 Å². The minimum atomic E-state index is -1.08. The molecule has 2 rings (SSSR count). The van der Waals surface area contributed by atoms with Crippen molar-refractivity contribution in [3.05, 3.63) is 47.3 Å². The normalized spacial score (nSPS) is 14.7. The van der Waals surface area contributed by atoms with Gasteiger partial charge in [0.25, 0.3) is 0 Å². The van der Waals surface area contributed by atoms with Gasteiger partial charge in [-0.25, -0.2) is 9.18 Å². The van der Waals surface area contributed by atoms with Gasteiger partial charge in [0.15, 0.2) is 0 Å². The highest BCUT2D eigenvalue weighted by Gasteiger charge is 2.18. The van der Waals surface area contributed by atoms with Gasteiger partial charge in [-0.05, 0) is 24.3 Å². The molecule has 1 N–H and O–H groups in total. The Morgan fingerprint density at radius 3 is 3.00 bits per heavy atom. The molecule has 0 atom stereocenters. The third-order valence-corrected chi connectivity index (χ3v) is 2.72. The maximum Gasteiger partial charge on any atom is 0.328 e. The Bertz CT molecular complexity index is 535.